The Morgan fingerprint density at radius 3 is 2.76 bits per heavy atom. The van der Waals surface area contributed by atoms with Crippen LogP contribution in [0.3, 0.4) is 0 Å². The maximum absolute atomic E-state index is 11.0. The van der Waals surface area contributed by atoms with E-state index >= 15 is 0 Å². The van der Waals surface area contributed by atoms with Crippen LogP contribution < -0.4 is 0 Å². The molecule has 0 aliphatic carbocycles. The molecule has 0 aliphatic heterocycles. The minimum absolute atomic E-state index is 0.161. The van der Waals surface area contributed by atoms with E-state index in [9.17, 15) is 4.79 Å². The minimum Gasteiger partial charge on any atom is -0.478 e. The van der Waals surface area contributed by atoms with Gasteiger partial charge in [0, 0.05) is 12.4 Å². The van der Waals surface area contributed by atoms with E-state index < -0.39 is 5.97 Å². The normalized spacial score (nSPS) is 10.2. The van der Waals surface area contributed by atoms with E-state index in [1.165, 1.54) is 24.0 Å². The zero-order chi connectivity index (χ0) is 12.3. The van der Waals surface area contributed by atoms with Crippen LogP contribution in [0.4, 0.5) is 0 Å². The van der Waals surface area contributed by atoms with Crippen LogP contribution in [-0.2, 0) is 0 Å². The van der Waals surface area contributed by atoms with E-state index in [1.54, 1.807) is 24.4 Å². The molecular weight excluding hydrogens is 260 g/mol. The van der Waals surface area contributed by atoms with Gasteiger partial charge >= 0.3 is 5.97 Å². The highest BCUT2D eigenvalue weighted by atomic mass is 35.5. The molecule has 1 N–H and O–H groups in total. The summed E-state index contributed by atoms with van der Waals surface area (Å²) < 4.78 is 0. The first-order valence-corrected chi connectivity index (χ1v) is 5.84. The summed E-state index contributed by atoms with van der Waals surface area (Å²) in [5.74, 6) is -1.01. The van der Waals surface area contributed by atoms with Gasteiger partial charge in [0.2, 0.25) is 0 Å². The van der Waals surface area contributed by atoms with Crippen LogP contribution in [0.2, 0.25) is 5.02 Å². The van der Waals surface area contributed by atoms with Crippen molar-refractivity contribution in [2.75, 3.05) is 0 Å². The first-order chi connectivity index (χ1) is 8.16. The Hall–Kier alpha value is -1.59. The largest absolute Gasteiger partial charge is 0.478 e. The Kier molecular flexibility index (Phi) is 3.61. The monoisotopic (exact) mass is 266 g/mol. The highest BCUT2D eigenvalue weighted by Gasteiger charge is 2.12. The fraction of sp³-hybridized carbons (Fsp3) is 0. The van der Waals surface area contributed by atoms with Crippen molar-refractivity contribution >= 4 is 29.3 Å². The number of hydrogen-bond acceptors (Lipinski definition) is 4. The lowest BCUT2D eigenvalue weighted by molar-refractivity contribution is 0.0692. The molecule has 2 aromatic rings. The highest BCUT2D eigenvalue weighted by molar-refractivity contribution is 7.99. The summed E-state index contributed by atoms with van der Waals surface area (Å²) in [5, 5.41) is 10.6. The molecule has 86 valence electrons. The molecule has 0 fully saturated rings. The topological polar surface area (TPSA) is 63.1 Å². The predicted molar refractivity (Wildman–Crippen MR) is 64.6 cm³/mol. The van der Waals surface area contributed by atoms with Gasteiger partial charge in [0.25, 0.3) is 0 Å². The lowest BCUT2D eigenvalue weighted by atomic mass is 10.3. The van der Waals surface area contributed by atoms with Crippen LogP contribution in [0.15, 0.2) is 46.7 Å². The van der Waals surface area contributed by atoms with Crippen molar-refractivity contribution in [2.24, 2.45) is 0 Å². The Balaban J connectivity index is 2.30. The molecule has 0 saturated heterocycles. The molecule has 0 spiro atoms. The van der Waals surface area contributed by atoms with E-state index in [0.29, 0.717) is 15.1 Å². The molecule has 2 aromatic heterocycles. The lowest BCUT2D eigenvalue weighted by Crippen LogP contribution is -2.00. The summed E-state index contributed by atoms with van der Waals surface area (Å²) >= 11 is 6.90. The molecule has 6 heteroatoms. The van der Waals surface area contributed by atoms with Crippen molar-refractivity contribution in [3.05, 3.63) is 47.2 Å². The molecule has 0 unspecified atom stereocenters. The fourth-order valence-electron chi connectivity index (χ4n) is 1.16. The van der Waals surface area contributed by atoms with Crippen LogP contribution in [0.5, 0.6) is 0 Å². The van der Waals surface area contributed by atoms with Crippen molar-refractivity contribution in [2.45, 2.75) is 10.1 Å². The van der Waals surface area contributed by atoms with E-state index in [4.69, 9.17) is 16.7 Å². The van der Waals surface area contributed by atoms with Crippen LogP contribution in [-0.4, -0.2) is 21.0 Å². The third kappa shape index (κ3) is 2.95. The number of carbonyl (C=O) groups is 1. The Morgan fingerprint density at radius 2 is 2.12 bits per heavy atom. The second-order valence-electron chi connectivity index (χ2n) is 3.08. The molecule has 0 atom stereocenters. The maximum Gasteiger partial charge on any atom is 0.338 e. The summed E-state index contributed by atoms with van der Waals surface area (Å²) in [4.78, 5) is 19.1. The van der Waals surface area contributed by atoms with Gasteiger partial charge in [0.05, 0.1) is 10.6 Å². The summed E-state index contributed by atoms with van der Waals surface area (Å²) in [6.07, 6.45) is 3.05. The average Bonchev–Trinajstić information content (AvgIpc) is 2.32. The van der Waals surface area contributed by atoms with Crippen molar-refractivity contribution in [3.63, 3.8) is 0 Å². The summed E-state index contributed by atoms with van der Waals surface area (Å²) in [6, 6.07) is 6.50. The number of hydrogen-bond donors (Lipinski definition) is 1. The molecule has 0 radical (unpaired) electrons. The lowest BCUT2D eigenvalue weighted by Gasteiger charge is -2.03. The molecule has 0 aliphatic rings. The van der Waals surface area contributed by atoms with E-state index in [-0.39, 0.29) is 5.56 Å². The molecule has 2 rings (SSSR count). The number of aromatic carboxylic acids is 1. The van der Waals surface area contributed by atoms with Crippen molar-refractivity contribution in [1.29, 1.82) is 0 Å². The fourth-order valence-corrected chi connectivity index (χ4v) is 2.09. The van der Waals surface area contributed by atoms with E-state index in [2.05, 4.69) is 9.97 Å². The minimum atomic E-state index is -1.01. The number of carboxylic acid groups (broad SMARTS) is 1. The summed E-state index contributed by atoms with van der Waals surface area (Å²) in [6.45, 7) is 0. The van der Waals surface area contributed by atoms with Gasteiger partial charge in [-0.2, -0.15) is 0 Å². The maximum atomic E-state index is 11.0. The third-order valence-corrected chi connectivity index (χ3v) is 3.10. The molecule has 0 amide bonds. The predicted octanol–water partition coefficient (Wildman–Crippen LogP) is 2.98. The van der Waals surface area contributed by atoms with Crippen LogP contribution in [0, 0.1) is 0 Å². The number of rotatable bonds is 3. The Bertz CT molecular complexity index is 545. The van der Waals surface area contributed by atoms with Gasteiger partial charge in [0.1, 0.15) is 10.1 Å². The standard InChI is InChI=1S/C11H7ClN2O2S/c12-7-3-4-9(14-6-7)17-10-8(11(15)16)2-1-5-13-10/h1-6H,(H,15,16). The van der Waals surface area contributed by atoms with Crippen LogP contribution >= 0.6 is 23.4 Å². The van der Waals surface area contributed by atoms with Gasteiger partial charge in [-0.1, -0.05) is 11.6 Å². The number of aromatic nitrogens is 2. The summed E-state index contributed by atoms with van der Waals surface area (Å²) in [7, 11) is 0. The molecule has 0 aromatic carbocycles. The Labute approximate surface area is 107 Å². The third-order valence-electron chi connectivity index (χ3n) is 1.90. The number of halogens is 1. The average molecular weight is 267 g/mol. The van der Waals surface area contributed by atoms with Crippen molar-refractivity contribution < 1.29 is 9.90 Å². The van der Waals surface area contributed by atoms with Crippen molar-refractivity contribution in [3.8, 4) is 0 Å². The zero-order valence-corrected chi connectivity index (χ0v) is 10.1. The van der Waals surface area contributed by atoms with Gasteiger partial charge < -0.3 is 5.11 Å². The van der Waals surface area contributed by atoms with Gasteiger partial charge in [-0.25, -0.2) is 14.8 Å². The first kappa shape index (κ1) is 11.9. The highest BCUT2D eigenvalue weighted by Crippen LogP contribution is 2.27. The molecule has 2 heterocycles. The molecule has 0 saturated carbocycles. The first-order valence-electron chi connectivity index (χ1n) is 4.64. The van der Waals surface area contributed by atoms with E-state index in [1.807, 2.05) is 0 Å². The van der Waals surface area contributed by atoms with Gasteiger partial charge in [-0.05, 0) is 36.0 Å². The number of nitrogens with zero attached hydrogens (tertiary/aromatic N) is 2. The zero-order valence-electron chi connectivity index (χ0n) is 8.50. The van der Waals surface area contributed by atoms with Gasteiger partial charge in [-0.3, -0.25) is 0 Å². The molecule has 17 heavy (non-hydrogen) atoms. The summed E-state index contributed by atoms with van der Waals surface area (Å²) in [5.41, 5.74) is 0.161. The number of pyridine rings is 2. The molecule has 0 bridgehead atoms. The van der Waals surface area contributed by atoms with Crippen molar-refractivity contribution in [1.82, 2.24) is 9.97 Å². The van der Waals surface area contributed by atoms with Crippen LogP contribution in [0.25, 0.3) is 0 Å². The second kappa shape index (κ2) is 5.16. The molecule has 4 nitrogen and oxygen atoms in total. The molecular formula is C11H7ClN2O2S. The SMILES string of the molecule is O=C(O)c1cccnc1Sc1ccc(Cl)cn1. The quantitative estimate of drug-likeness (QED) is 0.925. The van der Waals surface area contributed by atoms with Gasteiger partial charge in [-0.15, -0.1) is 0 Å². The number of carboxylic acids is 1. The van der Waals surface area contributed by atoms with Crippen LogP contribution in [0.1, 0.15) is 10.4 Å². The van der Waals surface area contributed by atoms with Gasteiger partial charge in [0.15, 0.2) is 0 Å². The Morgan fingerprint density at radius 1 is 1.29 bits per heavy atom. The smallest absolute Gasteiger partial charge is 0.338 e. The second-order valence-corrected chi connectivity index (χ2v) is 4.52. The van der Waals surface area contributed by atoms with E-state index in [0.717, 1.165) is 0 Å².